The molecule has 5 rings (SSSR count). The van der Waals surface area contributed by atoms with E-state index in [-0.39, 0.29) is 23.4 Å². The molecule has 1 N–H and O–H groups in total. The molecule has 0 spiro atoms. The number of amides is 1. The molecular formula is C23H18N3O5S+. The number of nitrogens with one attached hydrogen (secondary N) is 1. The topological polar surface area (TPSA) is 104 Å². The molecule has 0 saturated heterocycles. The average molecular weight is 448 g/mol. The van der Waals surface area contributed by atoms with Gasteiger partial charge in [-0.1, -0.05) is 23.5 Å². The van der Waals surface area contributed by atoms with E-state index >= 15 is 0 Å². The lowest BCUT2D eigenvalue weighted by molar-refractivity contribution is -0.378. The van der Waals surface area contributed by atoms with Gasteiger partial charge in [0.15, 0.2) is 23.0 Å². The maximum Gasteiger partial charge on any atom is 0.350 e. The quantitative estimate of drug-likeness (QED) is 0.444. The van der Waals surface area contributed by atoms with Gasteiger partial charge in [0, 0.05) is 11.6 Å². The summed E-state index contributed by atoms with van der Waals surface area (Å²) in [6.07, 6.45) is 3.46. The van der Waals surface area contributed by atoms with Gasteiger partial charge in [0.25, 0.3) is 5.91 Å². The molecule has 0 radical (unpaired) electrons. The van der Waals surface area contributed by atoms with Gasteiger partial charge in [-0.25, -0.2) is 14.8 Å². The van der Waals surface area contributed by atoms with Crippen LogP contribution in [-0.2, 0) is 4.74 Å². The minimum absolute atomic E-state index is 0.0203. The molecule has 1 amide bonds. The van der Waals surface area contributed by atoms with E-state index in [0.717, 1.165) is 11.3 Å². The molecule has 3 aromatic heterocycles. The third kappa shape index (κ3) is 3.01. The summed E-state index contributed by atoms with van der Waals surface area (Å²) < 4.78 is 11.0. The Morgan fingerprint density at radius 3 is 2.81 bits per heavy atom. The lowest BCUT2D eigenvalue weighted by Crippen LogP contribution is -2.30. The summed E-state index contributed by atoms with van der Waals surface area (Å²) in [6, 6.07) is 9.68. The van der Waals surface area contributed by atoms with Gasteiger partial charge in [-0.15, -0.1) is 0 Å². The van der Waals surface area contributed by atoms with Gasteiger partial charge in [-0.2, -0.15) is 0 Å². The summed E-state index contributed by atoms with van der Waals surface area (Å²) in [6.45, 7) is 3.63. The van der Waals surface area contributed by atoms with Crippen molar-refractivity contribution >= 4 is 39.3 Å². The molecule has 9 heteroatoms. The van der Waals surface area contributed by atoms with Gasteiger partial charge >= 0.3 is 5.97 Å². The van der Waals surface area contributed by atoms with Crippen molar-refractivity contribution in [2.45, 2.75) is 19.9 Å². The first-order chi connectivity index (χ1) is 15.5. The Morgan fingerprint density at radius 2 is 2.06 bits per heavy atom. The van der Waals surface area contributed by atoms with Crippen LogP contribution < -0.4 is 15.3 Å². The van der Waals surface area contributed by atoms with E-state index in [4.69, 9.17) is 9.15 Å². The summed E-state index contributed by atoms with van der Waals surface area (Å²) in [7, 11) is 0. The standard InChI is InChI=1S/C23H17N3O5S/c1-3-30-22(29)20-12(2)25-23(32-20)26-17(13-7-6-10-24-11-13)16-18(27)14-8-4-5-9-15(14)31-19(16)21(26)28/h4-11,17H,3H2,1-2H3/p+1. The molecule has 1 aliphatic rings. The molecule has 4 heterocycles. The number of para-hydroxylation sites is 1. The molecule has 0 saturated carbocycles. The summed E-state index contributed by atoms with van der Waals surface area (Å²) >= 11 is 1.05. The third-order valence-corrected chi connectivity index (χ3v) is 6.41. The predicted molar refractivity (Wildman–Crippen MR) is 117 cm³/mol. The van der Waals surface area contributed by atoms with Crippen LogP contribution >= 0.6 is 11.3 Å². The highest BCUT2D eigenvalue weighted by molar-refractivity contribution is 7.17. The number of aromatic amines is 1. The summed E-state index contributed by atoms with van der Waals surface area (Å²) in [4.78, 5) is 48.5. The van der Waals surface area contributed by atoms with Crippen LogP contribution in [0.1, 0.15) is 50.0 Å². The van der Waals surface area contributed by atoms with Crippen molar-refractivity contribution in [1.82, 2.24) is 4.98 Å². The molecule has 0 aliphatic carbocycles. The molecule has 0 fully saturated rings. The molecular weight excluding hydrogens is 430 g/mol. The smallest absolute Gasteiger partial charge is 0.350 e. The minimum atomic E-state index is -0.753. The van der Waals surface area contributed by atoms with Crippen molar-refractivity contribution in [1.29, 1.82) is 0 Å². The number of carbonyl (C=O) groups excluding carboxylic acids is 2. The number of rotatable bonds is 4. The van der Waals surface area contributed by atoms with Crippen LogP contribution in [0.2, 0.25) is 0 Å². The zero-order chi connectivity index (χ0) is 22.4. The molecule has 1 unspecified atom stereocenters. The van der Waals surface area contributed by atoms with E-state index in [1.807, 2.05) is 6.07 Å². The fourth-order valence-electron chi connectivity index (χ4n) is 3.88. The van der Waals surface area contributed by atoms with Crippen molar-refractivity contribution < 1.29 is 23.7 Å². The second-order valence-corrected chi connectivity index (χ2v) is 8.19. The maximum atomic E-state index is 13.5. The van der Waals surface area contributed by atoms with E-state index < -0.39 is 17.9 Å². The van der Waals surface area contributed by atoms with Crippen LogP contribution in [0.5, 0.6) is 0 Å². The van der Waals surface area contributed by atoms with Crippen LogP contribution in [0.4, 0.5) is 5.13 Å². The van der Waals surface area contributed by atoms with Crippen molar-refractivity contribution in [2.24, 2.45) is 0 Å². The van der Waals surface area contributed by atoms with Crippen LogP contribution in [0.3, 0.4) is 0 Å². The van der Waals surface area contributed by atoms with Crippen LogP contribution in [0.25, 0.3) is 11.0 Å². The highest BCUT2D eigenvalue weighted by Gasteiger charge is 2.46. The Morgan fingerprint density at radius 1 is 1.25 bits per heavy atom. The fraction of sp³-hybridized carbons (Fsp3) is 0.174. The molecule has 1 aromatic carbocycles. The number of ether oxygens (including phenoxy) is 1. The number of nitrogens with zero attached hydrogens (tertiary/aromatic N) is 2. The number of hydrogen-bond acceptors (Lipinski definition) is 7. The highest BCUT2D eigenvalue weighted by Crippen LogP contribution is 2.42. The first kappa shape index (κ1) is 20.1. The van der Waals surface area contributed by atoms with Crippen molar-refractivity contribution in [3.8, 4) is 0 Å². The Balaban J connectivity index is 1.74. The zero-order valence-electron chi connectivity index (χ0n) is 17.2. The number of H-pyrrole nitrogens is 1. The number of benzene rings is 1. The van der Waals surface area contributed by atoms with Crippen LogP contribution in [0.15, 0.2) is 58.0 Å². The largest absolute Gasteiger partial charge is 0.462 e. The number of hydrogen-bond donors (Lipinski definition) is 0. The summed E-state index contributed by atoms with van der Waals surface area (Å²) in [5, 5.41) is 0.688. The van der Waals surface area contributed by atoms with E-state index in [1.54, 1.807) is 56.6 Å². The number of aryl methyl sites for hydroxylation is 1. The number of fused-ring (bicyclic) bond motifs is 2. The van der Waals surface area contributed by atoms with Gasteiger partial charge < -0.3 is 9.15 Å². The second kappa shape index (κ2) is 7.69. The molecule has 8 nitrogen and oxygen atoms in total. The molecule has 4 aromatic rings. The average Bonchev–Trinajstić information content (AvgIpc) is 3.32. The highest BCUT2D eigenvalue weighted by atomic mass is 32.1. The lowest BCUT2D eigenvalue weighted by Gasteiger charge is -2.21. The molecule has 160 valence electrons. The van der Waals surface area contributed by atoms with E-state index in [9.17, 15) is 14.4 Å². The molecule has 32 heavy (non-hydrogen) atoms. The first-order valence-corrected chi connectivity index (χ1v) is 10.8. The number of anilines is 1. The Hall–Kier alpha value is -3.85. The normalized spacial score (nSPS) is 15.2. The van der Waals surface area contributed by atoms with Gasteiger partial charge in [0.05, 0.1) is 23.3 Å². The van der Waals surface area contributed by atoms with Crippen molar-refractivity contribution in [2.75, 3.05) is 11.5 Å². The summed E-state index contributed by atoms with van der Waals surface area (Å²) in [5.74, 6) is -1.00. The first-order valence-electron chi connectivity index (χ1n) is 10.0. The maximum absolute atomic E-state index is 13.5. The molecule has 1 atom stereocenters. The SMILES string of the molecule is CCOC(=O)c1sc(N2C(=O)c3oc4ccccc4c(=O)c3C2c2ccc[nH+]c2)nc1C. The minimum Gasteiger partial charge on any atom is -0.462 e. The fourth-order valence-corrected chi connectivity index (χ4v) is 4.87. The number of aromatic nitrogens is 2. The number of esters is 1. The Labute approximate surface area is 186 Å². The van der Waals surface area contributed by atoms with Crippen molar-refractivity contribution in [3.63, 3.8) is 0 Å². The van der Waals surface area contributed by atoms with Gasteiger partial charge in [-0.3, -0.25) is 14.5 Å². The van der Waals surface area contributed by atoms with Gasteiger partial charge in [-0.05, 0) is 32.0 Å². The van der Waals surface area contributed by atoms with E-state index in [1.165, 1.54) is 4.90 Å². The molecule has 0 bridgehead atoms. The predicted octanol–water partition coefficient (Wildman–Crippen LogP) is 3.30. The Kier molecular flexibility index (Phi) is 4.82. The second-order valence-electron chi connectivity index (χ2n) is 7.22. The van der Waals surface area contributed by atoms with Gasteiger partial charge in [0.1, 0.15) is 16.5 Å². The molecule has 1 aliphatic heterocycles. The number of thiazole rings is 1. The van der Waals surface area contributed by atoms with E-state index in [2.05, 4.69) is 9.97 Å². The lowest BCUT2D eigenvalue weighted by atomic mass is 10.0. The van der Waals surface area contributed by atoms with Gasteiger partial charge in [0.2, 0.25) is 5.76 Å². The monoisotopic (exact) mass is 448 g/mol. The van der Waals surface area contributed by atoms with Crippen molar-refractivity contribution in [3.05, 3.63) is 86.5 Å². The zero-order valence-corrected chi connectivity index (χ0v) is 18.1. The van der Waals surface area contributed by atoms with Crippen LogP contribution in [0, 0.1) is 6.92 Å². The Bertz CT molecular complexity index is 1430. The number of carbonyl (C=O) groups is 2. The number of pyridine rings is 1. The third-order valence-electron chi connectivity index (χ3n) is 5.28. The summed E-state index contributed by atoms with van der Waals surface area (Å²) in [5.41, 5.74) is 1.46. The van der Waals surface area contributed by atoms with Crippen LogP contribution in [-0.4, -0.2) is 23.5 Å². The van der Waals surface area contributed by atoms with E-state index in [0.29, 0.717) is 32.2 Å².